The second-order valence-corrected chi connectivity index (χ2v) is 13.7. The molecule has 0 aromatic heterocycles. The molecule has 0 N–H and O–H groups in total. The molecule has 2 aliphatic rings. The maximum Gasteiger partial charge on any atom is 0.132 e. The van der Waals surface area contributed by atoms with E-state index in [-0.39, 0.29) is 0 Å². The molecule has 0 bridgehead atoms. The highest BCUT2D eigenvalue weighted by molar-refractivity contribution is 6.00. The van der Waals surface area contributed by atoms with Crippen LogP contribution in [0.4, 0.5) is 0 Å². The first-order chi connectivity index (χ1) is 24.7. The first kappa shape index (κ1) is 28.8. The van der Waals surface area contributed by atoms with Crippen molar-refractivity contribution in [2.45, 2.75) is 17.8 Å². The molecule has 8 aromatic rings. The first-order valence-corrected chi connectivity index (χ1v) is 17.4. The summed E-state index contributed by atoms with van der Waals surface area (Å²) in [5.41, 5.74) is 12.8. The normalized spacial score (nSPS) is 18.4. The summed E-state index contributed by atoms with van der Waals surface area (Å²) in [7, 11) is 0. The SMILES string of the molecule is CC1(c2ccccc2)c2ccccc2Oc2cccc(-c3cccc(C4(c5ccccc5)c5ccccc5-c5ccc6ccccc6c54)c3)c21. The quantitative estimate of drug-likeness (QED) is 0.186. The van der Waals surface area contributed by atoms with Crippen molar-refractivity contribution in [3.8, 4) is 33.8 Å². The maximum atomic E-state index is 6.72. The molecule has 1 aliphatic heterocycles. The Hall–Kier alpha value is -6.18. The third-order valence-corrected chi connectivity index (χ3v) is 11.3. The summed E-state index contributed by atoms with van der Waals surface area (Å²) in [5.74, 6) is 1.81. The largest absolute Gasteiger partial charge is 0.457 e. The predicted molar refractivity (Wildman–Crippen MR) is 205 cm³/mol. The number of fused-ring (bicyclic) bond motifs is 7. The van der Waals surface area contributed by atoms with Gasteiger partial charge in [-0.05, 0) is 86.0 Å². The molecule has 2 unspecified atom stereocenters. The number of rotatable bonds is 4. The summed E-state index contributed by atoms with van der Waals surface area (Å²) in [5, 5.41) is 2.54. The summed E-state index contributed by atoms with van der Waals surface area (Å²) in [6, 6.07) is 68.8. The van der Waals surface area contributed by atoms with Gasteiger partial charge in [0, 0.05) is 11.1 Å². The van der Waals surface area contributed by atoms with Crippen molar-refractivity contribution in [2.75, 3.05) is 0 Å². The van der Waals surface area contributed by atoms with Gasteiger partial charge in [-0.1, -0.05) is 170 Å². The lowest BCUT2D eigenvalue weighted by molar-refractivity contribution is 0.428. The zero-order valence-corrected chi connectivity index (χ0v) is 27.8. The monoisotopic (exact) mass is 638 g/mol. The van der Waals surface area contributed by atoms with E-state index < -0.39 is 10.8 Å². The second-order valence-electron chi connectivity index (χ2n) is 13.7. The van der Waals surface area contributed by atoms with E-state index >= 15 is 0 Å². The molecular weight excluding hydrogens is 605 g/mol. The van der Waals surface area contributed by atoms with Gasteiger partial charge in [-0.25, -0.2) is 0 Å². The molecule has 1 nitrogen and oxygen atoms in total. The fourth-order valence-electron chi connectivity index (χ4n) is 9.12. The summed E-state index contributed by atoms with van der Waals surface area (Å²) in [4.78, 5) is 0. The van der Waals surface area contributed by atoms with Crippen LogP contribution in [0.25, 0.3) is 33.0 Å². The van der Waals surface area contributed by atoms with E-state index in [9.17, 15) is 0 Å². The molecule has 50 heavy (non-hydrogen) atoms. The molecule has 10 rings (SSSR count). The Labute approximate surface area is 293 Å². The Morgan fingerprint density at radius 3 is 1.86 bits per heavy atom. The first-order valence-electron chi connectivity index (χ1n) is 17.4. The molecule has 0 saturated carbocycles. The van der Waals surface area contributed by atoms with Gasteiger partial charge in [-0.2, -0.15) is 0 Å². The van der Waals surface area contributed by atoms with Crippen molar-refractivity contribution in [2.24, 2.45) is 0 Å². The molecule has 0 fully saturated rings. The van der Waals surface area contributed by atoms with Gasteiger partial charge < -0.3 is 4.74 Å². The van der Waals surface area contributed by atoms with E-state index in [2.05, 4.69) is 195 Å². The Morgan fingerprint density at radius 1 is 0.400 bits per heavy atom. The van der Waals surface area contributed by atoms with E-state index in [0.717, 1.165) is 11.5 Å². The van der Waals surface area contributed by atoms with Crippen molar-refractivity contribution in [1.82, 2.24) is 0 Å². The molecule has 0 saturated heterocycles. The Bertz CT molecular complexity index is 2580. The highest BCUT2D eigenvalue weighted by Gasteiger charge is 2.47. The predicted octanol–water partition coefficient (Wildman–Crippen LogP) is 12.3. The number of hydrogen-bond acceptors (Lipinski definition) is 1. The molecule has 0 radical (unpaired) electrons. The van der Waals surface area contributed by atoms with E-state index in [1.165, 1.54) is 72.0 Å². The highest BCUT2D eigenvalue weighted by Crippen LogP contribution is 2.59. The van der Waals surface area contributed by atoms with Gasteiger partial charge in [-0.3, -0.25) is 0 Å². The molecule has 0 spiro atoms. The number of benzene rings is 8. The lowest BCUT2D eigenvalue weighted by Gasteiger charge is -2.39. The van der Waals surface area contributed by atoms with Crippen molar-refractivity contribution < 1.29 is 4.74 Å². The van der Waals surface area contributed by atoms with Crippen molar-refractivity contribution in [3.05, 3.63) is 227 Å². The van der Waals surface area contributed by atoms with Crippen LogP contribution in [0.2, 0.25) is 0 Å². The van der Waals surface area contributed by atoms with Crippen molar-refractivity contribution >= 4 is 10.8 Å². The number of para-hydroxylation sites is 1. The van der Waals surface area contributed by atoms with Crippen LogP contribution in [0.1, 0.15) is 45.9 Å². The van der Waals surface area contributed by atoms with Crippen molar-refractivity contribution in [3.63, 3.8) is 0 Å². The lowest BCUT2D eigenvalue weighted by Crippen LogP contribution is -2.30. The summed E-state index contributed by atoms with van der Waals surface area (Å²) >= 11 is 0. The molecule has 1 aliphatic carbocycles. The highest BCUT2D eigenvalue weighted by atomic mass is 16.5. The molecule has 2 atom stereocenters. The Kier molecular flexibility index (Phi) is 6.29. The Morgan fingerprint density at radius 2 is 1.02 bits per heavy atom. The zero-order chi connectivity index (χ0) is 33.3. The minimum atomic E-state index is -0.523. The molecule has 1 heterocycles. The third kappa shape index (κ3) is 3.89. The molecule has 0 amide bonds. The minimum absolute atomic E-state index is 0.433. The van der Waals surface area contributed by atoms with Gasteiger partial charge >= 0.3 is 0 Å². The smallest absolute Gasteiger partial charge is 0.132 e. The van der Waals surface area contributed by atoms with Crippen LogP contribution in [0.3, 0.4) is 0 Å². The van der Waals surface area contributed by atoms with Gasteiger partial charge in [-0.15, -0.1) is 0 Å². The Balaban J connectivity index is 1.28. The number of ether oxygens (including phenoxy) is 1. The zero-order valence-electron chi connectivity index (χ0n) is 27.8. The van der Waals surface area contributed by atoms with Crippen molar-refractivity contribution in [1.29, 1.82) is 0 Å². The van der Waals surface area contributed by atoms with Crippen LogP contribution >= 0.6 is 0 Å². The van der Waals surface area contributed by atoms with Gasteiger partial charge in [0.2, 0.25) is 0 Å². The molecule has 236 valence electrons. The number of hydrogen-bond donors (Lipinski definition) is 0. The summed E-state index contributed by atoms with van der Waals surface area (Å²) in [6.45, 7) is 2.36. The lowest BCUT2D eigenvalue weighted by atomic mass is 9.65. The average Bonchev–Trinajstić information content (AvgIpc) is 3.50. The van der Waals surface area contributed by atoms with Crippen LogP contribution < -0.4 is 4.74 Å². The van der Waals surface area contributed by atoms with Crippen LogP contribution in [0, 0.1) is 0 Å². The average molecular weight is 639 g/mol. The standard InChI is InChI=1S/C49H34O/c1-48(35-18-4-2-5-19-35)43-27-12-13-28-44(43)50-45-29-15-25-39(47(45)48)34-17-14-22-37(32-34)49(36-20-6-3-7-21-36)42-26-11-10-24-40(42)41-31-30-33-16-8-9-23-38(33)46(41)49/h2-32H,1H3. The van der Waals surface area contributed by atoms with Gasteiger partial charge in [0.1, 0.15) is 11.5 Å². The van der Waals surface area contributed by atoms with Crippen LogP contribution in [-0.2, 0) is 10.8 Å². The van der Waals surface area contributed by atoms with Crippen LogP contribution in [0.15, 0.2) is 188 Å². The summed E-state index contributed by atoms with van der Waals surface area (Å²) in [6.07, 6.45) is 0. The topological polar surface area (TPSA) is 9.23 Å². The molecule has 8 aromatic carbocycles. The van der Waals surface area contributed by atoms with Gasteiger partial charge in [0.15, 0.2) is 0 Å². The fourth-order valence-corrected chi connectivity index (χ4v) is 9.12. The van der Waals surface area contributed by atoms with E-state index in [1.54, 1.807) is 0 Å². The second kappa shape index (κ2) is 10.9. The van der Waals surface area contributed by atoms with Crippen LogP contribution in [0.5, 0.6) is 11.5 Å². The fraction of sp³-hybridized carbons (Fsp3) is 0.0612. The van der Waals surface area contributed by atoms with E-state index in [4.69, 9.17) is 4.74 Å². The molecule has 1 heteroatoms. The van der Waals surface area contributed by atoms with E-state index in [0.29, 0.717) is 0 Å². The van der Waals surface area contributed by atoms with Gasteiger partial charge in [0.25, 0.3) is 0 Å². The maximum absolute atomic E-state index is 6.72. The summed E-state index contributed by atoms with van der Waals surface area (Å²) < 4.78 is 6.72. The van der Waals surface area contributed by atoms with Gasteiger partial charge in [0.05, 0.1) is 10.8 Å². The van der Waals surface area contributed by atoms with Crippen LogP contribution in [-0.4, -0.2) is 0 Å². The minimum Gasteiger partial charge on any atom is -0.457 e. The van der Waals surface area contributed by atoms with E-state index in [1.807, 2.05) is 0 Å². The third-order valence-electron chi connectivity index (χ3n) is 11.3. The molecular formula is C49H34O.